The second-order valence-corrected chi connectivity index (χ2v) is 0.824. The van der Waals surface area contributed by atoms with Crippen LogP contribution in [0.3, 0.4) is 0 Å². The molecule has 0 aliphatic carbocycles. The lowest BCUT2D eigenvalue weighted by atomic mass is 10.6. The Labute approximate surface area is 40.6 Å². The molecule has 0 atom stereocenters. The number of nitrogens with one attached hydrogen (secondary N) is 1. The molecule has 0 saturated carbocycles. The lowest BCUT2D eigenvalue weighted by Crippen LogP contribution is -2.27. The summed E-state index contributed by atoms with van der Waals surface area (Å²) in [7, 11) is 0. The van der Waals surface area contributed by atoms with Crippen molar-refractivity contribution < 1.29 is 9.90 Å². The van der Waals surface area contributed by atoms with Crippen LogP contribution in [-0.2, 0) is 4.79 Å². The normalized spacial score (nSPS) is 9.29. The fraction of sp³-hybridized carbons (Fsp3) is 0. The molecule has 0 heterocycles. The molecule has 0 aliphatic rings. The molecule has 7 heavy (non-hydrogen) atoms. The quantitative estimate of drug-likeness (QED) is 0.131. The number of hydrogen-bond donors (Lipinski definition) is 3. The monoisotopic (exact) mass is 102 g/mol. The molecule has 0 aliphatic heterocycles. The van der Waals surface area contributed by atoms with E-state index in [0.717, 1.165) is 6.08 Å². The van der Waals surface area contributed by atoms with Gasteiger partial charge in [0, 0.05) is 6.08 Å². The maximum atomic E-state index is 9.93. The highest BCUT2D eigenvalue weighted by atomic mass is 16.2. The Hall–Kier alpha value is -1.03. The average molecular weight is 102 g/mol. The molecule has 1 amide bonds. The largest absolute Gasteiger partial charge is 0.515 e. The summed E-state index contributed by atoms with van der Waals surface area (Å²) in [4.78, 5) is 9.93. The SMILES string of the molecule is NNC(=O)/C=C\O. The third kappa shape index (κ3) is 2.78. The first-order valence-corrected chi connectivity index (χ1v) is 1.62. The van der Waals surface area contributed by atoms with Crippen LogP contribution in [-0.4, -0.2) is 11.0 Å². The van der Waals surface area contributed by atoms with E-state index in [1.165, 1.54) is 0 Å². The molecule has 0 spiro atoms. The molecule has 0 aromatic heterocycles. The lowest BCUT2D eigenvalue weighted by molar-refractivity contribution is -0.116. The smallest absolute Gasteiger partial charge is 0.260 e. The van der Waals surface area contributed by atoms with Crippen molar-refractivity contribution in [1.29, 1.82) is 0 Å². The summed E-state index contributed by atoms with van der Waals surface area (Å²) in [6, 6.07) is 0. The molecule has 0 aromatic rings. The van der Waals surface area contributed by atoms with E-state index in [1.807, 2.05) is 0 Å². The highest BCUT2D eigenvalue weighted by Crippen LogP contribution is 1.61. The molecular formula is C3H6N2O2. The minimum Gasteiger partial charge on any atom is -0.515 e. The predicted octanol–water partition coefficient (Wildman–Crippen LogP) is -0.952. The lowest BCUT2D eigenvalue weighted by Gasteiger charge is -1.84. The van der Waals surface area contributed by atoms with Crippen molar-refractivity contribution in [1.82, 2.24) is 5.43 Å². The van der Waals surface area contributed by atoms with Gasteiger partial charge in [0.1, 0.15) is 0 Å². The van der Waals surface area contributed by atoms with Crippen LogP contribution in [0.2, 0.25) is 0 Å². The summed E-state index contributed by atoms with van der Waals surface area (Å²) >= 11 is 0. The van der Waals surface area contributed by atoms with E-state index in [-0.39, 0.29) is 0 Å². The van der Waals surface area contributed by atoms with Gasteiger partial charge in [-0.2, -0.15) is 0 Å². The number of carbonyl (C=O) groups excluding carboxylic acids is 1. The molecule has 0 rings (SSSR count). The third-order valence-electron chi connectivity index (χ3n) is 0.368. The molecule has 0 fully saturated rings. The van der Waals surface area contributed by atoms with Crippen LogP contribution in [0, 0.1) is 0 Å². The Morgan fingerprint density at radius 1 is 1.86 bits per heavy atom. The highest BCUT2D eigenvalue weighted by molar-refractivity contribution is 5.86. The average Bonchev–Trinajstić information content (AvgIpc) is 1.68. The molecule has 40 valence electrons. The second kappa shape index (κ2) is 3.17. The molecular weight excluding hydrogens is 96.0 g/mol. The second-order valence-electron chi connectivity index (χ2n) is 0.824. The molecule has 0 unspecified atom stereocenters. The van der Waals surface area contributed by atoms with Gasteiger partial charge in [-0.1, -0.05) is 0 Å². The zero-order valence-electron chi connectivity index (χ0n) is 3.59. The molecule has 4 heteroatoms. The van der Waals surface area contributed by atoms with Crippen LogP contribution in [0.25, 0.3) is 0 Å². The van der Waals surface area contributed by atoms with Gasteiger partial charge in [-0.3, -0.25) is 10.2 Å². The van der Waals surface area contributed by atoms with Gasteiger partial charge in [-0.15, -0.1) is 0 Å². The van der Waals surface area contributed by atoms with Crippen LogP contribution >= 0.6 is 0 Å². The van der Waals surface area contributed by atoms with Gasteiger partial charge in [0.15, 0.2) is 0 Å². The number of aliphatic hydroxyl groups excluding tert-OH is 1. The first-order valence-electron chi connectivity index (χ1n) is 1.62. The van der Waals surface area contributed by atoms with E-state index < -0.39 is 5.91 Å². The van der Waals surface area contributed by atoms with Crippen LogP contribution in [0.4, 0.5) is 0 Å². The Balaban J connectivity index is 3.37. The van der Waals surface area contributed by atoms with Crippen molar-refractivity contribution in [2.45, 2.75) is 0 Å². The molecule has 0 radical (unpaired) electrons. The van der Waals surface area contributed by atoms with E-state index in [0.29, 0.717) is 6.26 Å². The summed E-state index contributed by atoms with van der Waals surface area (Å²) < 4.78 is 0. The first kappa shape index (κ1) is 5.97. The van der Waals surface area contributed by atoms with Crippen molar-refractivity contribution in [3.05, 3.63) is 12.3 Å². The van der Waals surface area contributed by atoms with Gasteiger partial charge >= 0.3 is 0 Å². The summed E-state index contributed by atoms with van der Waals surface area (Å²) in [5.74, 6) is 4.07. The number of hydrazine groups is 1. The van der Waals surface area contributed by atoms with Gasteiger partial charge in [-0.05, 0) is 0 Å². The fourth-order valence-electron chi connectivity index (χ4n) is 0.116. The standard InChI is InChI=1S/C3H6N2O2/c4-5-3(7)1-2-6/h1-2,6H,4H2,(H,5,7)/b2-1-. The zero-order valence-corrected chi connectivity index (χ0v) is 3.59. The first-order chi connectivity index (χ1) is 3.31. The number of nitrogens with two attached hydrogens (primary N) is 1. The predicted molar refractivity (Wildman–Crippen MR) is 24.1 cm³/mol. The summed E-state index contributed by atoms with van der Waals surface area (Å²) in [6.45, 7) is 0. The number of hydrogen-bond acceptors (Lipinski definition) is 3. The van der Waals surface area contributed by atoms with Gasteiger partial charge in [0.05, 0.1) is 6.26 Å². The summed E-state index contributed by atoms with van der Waals surface area (Å²) in [5.41, 5.74) is 1.78. The van der Waals surface area contributed by atoms with Crippen LogP contribution in [0.15, 0.2) is 12.3 Å². The number of amides is 1. The molecule has 4 nitrogen and oxygen atoms in total. The third-order valence-corrected chi connectivity index (χ3v) is 0.368. The molecule has 4 N–H and O–H groups in total. The minimum atomic E-state index is -0.525. The topological polar surface area (TPSA) is 75.3 Å². The Kier molecular flexibility index (Phi) is 2.70. The number of rotatable bonds is 1. The summed E-state index contributed by atoms with van der Waals surface area (Å²) in [6.07, 6.45) is 1.52. The van der Waals surface area contributed by atoms with E-state index in [1.54, 1.807) is 5.43 Å². The van der Waals surface area contributed by atoms with E-state index in [9.17, 15) is 4.79 Å². The van der Waals surface area contributed by atoms with Crippen LogP contribution in [0.5, 0.6) is 0 Å². The zero-order chi connectivity index (χ0) is 5.70. The molecule has 0 aromatic carbocycles. The van der Waals surface area contributed by atoms with Crippen molar-refractivity contribution in [3.63, 3.8) is 0 Å². The van der Waals surface area contributed by atoms with Gasteiger partial charge in [-0.25, -0.2) is 5.84 Å². The maximum absolute atomic E-state index is 9.93. The van der Waals surface area contributed by atoms with Gasteiger partial charge in [0.25, 0.3) is 5.91 Å². The molecule has 0 saturated heterocycles. The maximum Gasteiger partial charge on any atom is 0.260 e. The fourth-order valence-corrected chi connectivity index (χ4v) is 0.116. The Morgan fingerprint density at radius 3 is 2.57 bits per heavy atom. The molecule has 0 bridgehead atoms. The van der Waals surface area contributed by atoms with Crippen molar-refractivity contribution in [2.24, 2.45) is 5.84 Å². The number of aliphatic hydroxyl groups is 1. The van der Waals surface area contributed by atoms with Crippen molar-refractivity contribution in [3.8, 4) is 0 Å². The Bertz CT molecular complexity index is 88.9. The van der Waals surface area contributed by atoms with Crippen molar-refractivity contribution in [2.75, 3.05) is 0 Å². The van der Waals surface area contributed by atoms with Gasteiger partial charge < -0.3 is 5.11 Å². The van der Waals surface area contributed by atoms with Gasteiger partial charge in [0.2, 0.25) is 0 Å². The van der Waals surface area contributed by atoms with Crippen molar-refractivity contribution >= 4 is 5.91 Å². The van der Waals surface area contributed by atoms with Crippen LogP contribution in [0.1, 0.15) is 0 Å². The number of carbonyl (C=O) groups is 1. The highest BCUT2D eigenvalue weighted by Gasteiger charge is 1.83. The van der Waals surface area contributed by atoms with Crippen LogP contribution < -0.4 is 11.3 Å². The van der Waals surface area contributed by atoms with E-state index >= 15 is 0 Å². The van der Waals surface area contributed by atoms with E-state index in [4.69, 9.17) is 5.11 Å². The summed E-state index contributed by atoms with van der Waals surface area (Å²) in [5, 5.41) is 7.87. The van der Waals surface area contributed by atoms with E-state index in [2.05, 4.69) is 5.84 Å². The Morgan fingerprint density at radius 2 is 2.43 bits per heavy atom. The minimum absolute atomic E-state index is 0.525.